The van der Waals surface area contributed by atoms with E-state index in [9.17, 15) is 19.0 Å². The topological polar surface area (TPSA) is 120 Å². The Morgan fingerprint density at radius 2 is 2.22 bits per heavy atom. The fourth-order valence-corrected chi connectivity index (χ4v) is 3.75. The van der Waals surface area contributed by atoms with Gasteiger partial charge >= 0.3 is 13.5 Å². The molecule has 2 aliphatic rings. The lowest BCUT2D eigenvalue weighted by molar-refractivity contribution is -0.0680. The molecule has 4 atom stereocenters. The van der Waals surface area contributed by atoms with Crippen molar-refractivity contribution in [3.05, 3.63) is 32.6 Å². The predicted molar refractivity (Wildman–Crippen MR) is 79.1 cm³/mol. The van der Waals surface area contributed by atoms with Crippen molar-refractivity contribution in [2.75, 3.05) is 6.61 Å². The summed E-state index contributed by atoms with van der Waals surface area (Å²) in [5, 5.41) is 0. The highest BCUT2D eigenvalue weighted by molar-refractivity contribution is 7.47. The van der Waals surface area contributed by atoms with Crippen molar-refractivity contribution >= 4 is 7.82 Å². The summed E-state index contributed by atoms with van der Waals surface area (Å²) in [6.45, 7) is 1.94. The highest BCUT2D eigenvalue weighted by Gasteiger charge is 2.46. The van der Waals surface area contributed by atoms with Crippen molar-refractivity contribution in [2.24, 2.45) is 0 Å². The van der Waals surface area contributed by atoms with Crippen molar-refractivity contribution < 1.29 is 23.2 Å². The maximum atomic E-state index is 12.0. The Kier molecular flexibility index (Phi) is 4.57. The highest BCUT2D eigenvalue weighted by atomic mass is 31.2. The van der Waals surface area contributed by atoms with E-state index in [1.165, 1.54) is 10.8 Å². The molecule has 1 aromatic rings. The van der Waals surface area contributed by atoms with Crippen LogP contribution in [0.2, 0.25) is 0 Å². The van der Waals surface area contributed by atoms with Gasteiger partial charge in [-0.2, -0.15) is 0 Å². The molecule has 3 rings (SSSR count). The van der Waals surface area contributed by atoms with Crippen LogP contribution in [0.4, 0.5) is 0 Å². The Balaban J connectivity index is 1.84. The van der Waals surface area contributed by atoms with Gasteiger partial charge in [-0.3, -0.25) is 23.4 Å². The molecule has 0 saturated carbocycles. The third-order valence-electron chi connectivity index (χ3n) is 4.00. The number of nitrogens with one attached hydrogen (secondary N) is 1. The van der Waals surface area contributed by atoms with Crippen LogP contribution in [0, 0.1) is 0 Å². The van der Waals surface area contributed by atoms with Crippen molar-refractivity contribution in [3.63, 3.8) is 0 Å². The lowest BCUT2D eigenvalue weighted by Crippen LogP contribution is -2.34. The number of phosphoric ester groups is 1. The second-order valence-electron chi connectivity index (χ2n) is 5.70. The summed E-state index contributed by atoms with van der Waals surface area (Å²) in [6, 6.07) is 0. The second kappa shape index (κ2) is 6.33. The molecule has 2 fully saturated rings. The molecular formula is C13H19N2O7P. The molecule has 1 aromatic heterocycles. The number of rotatable bonds is 4. The lowest BCUT2D eigenvalue weighted by Gasteiger charge is -2.26. The first-order chi connectivity index (χ1) is 10.9. The summed E-state index contributed by atoms with van der Waals surface area (Å²) in [5.74, 6) is 0. The largest absolute Gasteiger partial charge is 0.472 e. The van der Waals surface area contributed by atoms with E-state index in [0.29, 0.717) is 12.0 Å². The number of aromatic nitrogens is 2. The molecule has 0 radical (unpaired) electrons. The van der Waals surface area contributed by atoms with Gasteiger partial charge in [0.2, 0.25) is 0 Å². The van der Waals surface area contributed by atoms with Crippen LogP contribution in [0.3, 0.4) is 0 Å². The van der Waals surface area contributed by atoms with Crippen LogP contribution in [0.1, 0.15) is 38.0 Å². The van der Waals surface area contributed by atoms with Gasteiger partial charge in [-0.05, 0) is 12.8 Å². The van der Waals surface area contributed by atoms with E-state index in [-0.39, 0.29) is 13.0 Å². The summed E-state index contributed by atoms with van der Waals surface area (Å²) >= 11 is 0. The number of H-pyrrole nitrogens is 1. The predicted octanol–water partition coefficient (Wildman–Crippen LogP) is 0.682. The highest BCUT2D eigenvalue weighted by Crippen LogP contribution is 2.52. The summed E-state index contributed by atoms with van der Waals surface area (Å²) in [7, 11) is -4.04. The first-order valence-corrected chi connectivity index (χ1v) is 9.04. The van der Waals surface area contributed by atoms with Crippen LogP contribution in [0.15, 0.2) is 15.8 Å². The summed E-state index contributed by atoms with van der Waals surface area (Å²) in [4.78, 5) is 35.5. The van der Waals surface area contributed by atoms with Gasteiger partial charge in [0, 0.05) is 18.2 Å². The van der Waals surface area contributed by atoms with Gasteiger partial charge in [-0.25, -0.2) is 9.36 Å². The Hall–Kier alpha value is -1.25. The van der Waals surface area contributed by atoms with Gasteiger partial charge in [0.05, 0.1) is 6.61 Å². The fraction of sp³-hybridized carbons (Fsp3) is 0.692. The number of aromatic amines is 1. The van der Waals surface area contributed by atoms with E-state index in [1.807, 2.05) is 6.92 Å². The van der Waals surface area contributed by atoms with Crippen LogP contribution in [-0.4, -0.2) is 33.3 Å². The zero-order valence-corrected chi connectivity index (χ0v) is 13.5. The Labute approximate surface area is 131 Å². The standard InChI is InChI=1S/C13H19N2O7P/c1-2-3-4-8-6-15(13(17)14-12(8)16)11-5-9-10(21-11)7-20-23(18,19)22-9/h6,9-11H,2-5,7H2,1H3,(H,18,19)(H,14,16,17). The molecule has 0 bridgehead atoms. The van der Waals surface area contributed by atoms with E-state index >= 15 is 0 Å². The molecule has 0 amide bonds. The smallest absolute Gasteiger partial charge is 0.349 e. The molecule has 10 heteroatoms. The van der Waals surface area contributed by atoms with Gasteiger partial charge in [-0.1, -0.05) is 13.3 Å². The van der Waals surface area contributed by atoms with Gasteiger partial charge in [0.15, 0.2) is 0 Å². The number of ether oxygens (including phenoxy) is 1. The van der Waals surface area contributed by atoms with Crippen LogP contribution in [0.25, 0.3) is 0 Å². The number of unbranched alkanes of at least 4 members (excludes halogenated alkanes) is 1. The molecule has 0 aromatic carbocycles. The molecule has 4 unspecified atom stereocenters. The number of nitrogens with zero attached hydrogens (tertiary/aromatic N) is 1. The Morgan fingerprint density at radius 3 is 2.96 bits per heavy atom. The summed E-state index contributed by atoms with van der Waals surface area (Å²) in [5.41, 5.74) is -0.462. The molecule has 3 heterocycles. The molecule has 0 spiro atoms. The van der Waals surface area contributed by atoms with Gasteiger partial charge in [-0.15, -0.1) is 0 Å². The van der Waals surface area contributed by atoms with Crippen LogP contribution < -0.4 is 11.2 Å². The number of aryl methyl sites for hydroxylation is 1. The number of fused-ring (bicyclic) bond motifs is 1. The minimum Gasteiger partial charge on any atom is -0.349 e. The maximum Gasteiger partial charge on any atom is 0.472 e. The van der Waals surface area contributed by atoms with Crippen LogP contribution in [-0.2, 0) is 24.8 Å². The second-order valence-corrected chi connectivity index (χ2v) is 7.10. The van der Waals surface area contributed by atoms with Crippen molar-refractivity contribution in [1.82, 2.24) is 9.55 Å². The minimum atomic E-state index is -4.04. The van der Waals surface area contributed by atoms with Crippen molar-refractivity contribution in [2.45, 2.75) is 51.0 Å². The zero-order valence-electron chi connectivity index (χ0n) is 12.6. The SMILES string of the molecule is CCCCc1cn(C2CC3OP(=O)(O)OCC3O2)c(=O)[nH]c1=O. The molecule has 0 aliphatic carbocycles. The molecule has 2 aliphatic heterocycles. The number of hydrogen-bond donors (Lipinski definition) is 2. The third kappa shape index (κ3) is 3.49. The van der Waals surface area contributed by atoms with E-state index in [4.69, 9.17) is 13.8 Å². The van der Waals surface area contributed by atoms with Crippen LogP contribution in [0.5, 0.6) is 0 Å². The molecule has 128 valence electrons. The molecule has 9 nitrogen and oxygen atoms in total. The van der Waals surface area contributed by atoms with E-state index < -0.39 is 37.5 Å². The minimum absolute atomic E-state index is 0.0737. The fourth-order valence-electron chi connectivity index (χ4n) is 2.79. The lowest BCUT2D eigenvalue weighted by atomic mass is 10.1. The Morgan fingerprint density at radius 1 is 1.43 bits per heavy atom. The maximum absolute atomic E-state index is 12.0. The van der Waals surface area contributed by atoms with Crippen molar-refractivity contribution in [3.8, 4) is 0 Å². The van der Waals surface area contributed by atoms with E-state index in [0.717, 1.165) is 12.8 Å². The number of phosphoric acid groups is 1. The molecular weight excluding hydrogens is 327 g/mol. The zero-order chi connectivity index (χ0) is 16.6. The summed E-state index contributed by atoms with van der Waals surface area (Å²) < 4.78 is 28.1. The Bertz CT molecular complexity index is 743. The van der Waals surface area contributed by atoms with Gasteiger partial charge in [0.25, 0.3) is 5.56 Å². The number of hydrogen-bond acceptors (Lipinski definition) is 6. The van der Waals surface area contributed by atoms with Gasteiger partial charge < -0.3 is 9.63 Å². The van der Waals surface area contributed by atoms with Gasteiger partial charge in [0.1, 0.15) is 18.4 Å². The third-order valence-corrected chi connectivity index (χ3v) is 5.02. The molecule has 2 saturated heterocycles. The quantitative estimate of drug-likeness (QED) is 0.769. The van der Waals surface area contributed by atoms with E-state index in [2.05, 4.69) is 4.98 Å². The van der Waals surface area contributed by atoms with Crippen molar-refractivity contribution in [1.29, 1.82) is 0 Å². The average Bonchev–Trinajstić information content (AvgIpc) is 2.87. The molecule has 23 heavy (non-hydrogen) atoms. The molecule has 2 N–H and O–H groups in total. The average molecular weight is 346 g/mol. The van der Waals surface area contributed by atoms with E-state index in [1.54, 1.807) is 0 Å². The van der Waals surface area contributed by atoms with Crippen LogP contribution >= 0.6 is 7.82 Å². The first-order valence-electron chi connectivity index (χ1n) is 7.55. The summed E-state index contributed by atoms with van der Waals surface area (Å²) in [6.07, 6.45) is 2.25. The monoisotopic (exact) mass is 346 g/mol. The normalized spacial score (nSPS) is 33.6. The first kappa shape index (κ1) is 16.6.